The van der Waals surface area contributed by atoms with E-state index in [0.29, 0.717) is 22.1 Å². The molecule has 0 radical (unpaired) electrons. The zero-order chi connectivity index (χ0) is 19.3. The summed E-state index contributed by atoms with van der Waals surface area (Å²) in [5, 5.41) is 5.84. The molecule has 0 bridgehead atoms. The lowest BCUT2D eigenvalue weighted by atomic mass is 10.3. The van der Waals surface area contributed by atoms with Crippen LogP contribution in [0.2, 0.25) is 5.02 Å². The topological polar surface area (TPSA) is 87.3 Å². The first-order chi connectivity index (χ1) is 12.9. The van der Waals surface area contributed by atoms with Crippen molar-refractivity contribution in [2.24, 2.45) is 0 Å². The summed E-state index contributed by atoms with van der Waals surface area (Å²) in [6, 6.07) is 20.8. The summed E-state index contributed by atoms with van der Waals surface area (Å²) in [5.41, 5.74) is 1.53. The van der Waals surface area contributed by atoms with Crippen LogP contribution in [0.3, 0.4) is 0 Å². The summed E-state index contributed by atoms with van der Waals surface area (Å²) in [4.78, 5) is 12.0. The van der Waals surface area contributed by atoms with Gasteiger partial charge < -0.3 is 10.6 Å². The fourth-order valence-corrected chi connectivity index (χ4v) is 3.45. The maximum Gasteiger partial charge on any atom is 0.323 e. The molecule has 3 aromatic rings. The number of carbonyl (C=O) groups excluding carboxylic acids is 1. The van der Waals surface area contributed by atoms with E-state index in [9.17, 15) is 13.2 Å². The smallest absolute Gasteiger partial charge is 0.308 e. The number of benzene rings is 3. The third-order valence-corrected chi connectivity index (χ3v) is 5.20. The van der Waals surface area contributed by atoms with E-state index in [1.54, 1.807) is 36.4 Å². The molecule has 0 unspecified atom stereocenters. The van der Waals surface area contributed by atoms with Crippen molar-refractivity contribution in [1.82, 2.24) is 0 Å². The number of halogens is 1. The molecule has 6 nitrogen and oxygen atoms in total. The molecule has 138 valence electrons. The van der Waals surface area contributed by atoms with E-state index in [4.69, 9.17) is 11.6 Å². The Morgan fingerprint density at radius 3 is 1.81 bits per heavy atom. The maximum atomic E-state index is 12.4. The fraction of sp³-hybridized carbons (Fsp3) is 0. The van der Waals surface area contributed by atoms with E-state index < -0.39 is 16.1 Å². The molecule has 0 aromatic heterocycles. The predicted molar refractivity (Wildman–Crippen MR) is 108 cm³/mol. The van der Waals surface area contributed by atoms with Crippen LogP contribution < -0.4 is 15.4 Å². The zero-order valence-electron chi connectivity index (χ0n) is 14.0. The number of sulfonamides is 1. The van der Waals surface area contributed by atoms with Crippen LogP contribution in [0.5, 0.6) is 0 Å². The Hall–Kier alpha value is -3.03. The molecule has 0 saturated heterocycles. The largest absolute Gasteiger partial charge is 0.323 e. The van der Waals surface area contributed by atoms with Gasteiger partial charge >= 0.3 is 6.03 Å². The van der Waals surface area contributed by atoms with Crippen molar-refractivity contribution in [3.8, 4) is 0 Å². The molecule has 3 N–H and O–H groups in total. The first-order valence-electron chi connectivity index (χ1n) is 7.94. The van der Waals surface area contributed by atoms with Gasteiger partial charge in [0.1, 0.15) is 0 Å². The first kappa shape index (κ1) is 18.8. The number of hydrogen-bond donors (Lipinski definition) is 3. The molecule has 0 aliphatic heterocycles. The summed E-state index contributed by atoms with van der Waals surface area (Å²) in [7, 11) is -3.74. The van der Waals surface area contributed by atoms with Crippen LogP contribution in [0.15, 0.2) is 83.8 Å². The molecular formula is C19H16ClN3O3S. The highest BCUT2D eigenvalue weighted by atomic mass is 35.5. The molecule has 3 rings (SSSR count). The van der Waals surface area contributed by atoms with Crippen LogP contribution in [0.4, 0.5) is 21.9 Å². The Kier molecular flexibility index (Phi) is 5.63. The third kappa shape index (κ3) is 5.22. The minimum Gasteiger partial charge on any atom is -0.308 e. The number of nitrogens with one attached hydrogen (secondary N) is 3. The van der Waals surface area contributed by atoms with Crippen LogP contribution >= 0.6 is 11.6 Å². The van der Waals surface area contributed by atoms with Gasteiger partial charge in [-0.05, 0) is 60.7 Å². The molecule has 0 heterocycles. The van der Waals surface area contributed by atoms with Gasteiger partial charge in [-0.2, -0.15) is 0 Å². The van der Waals surface area contributed by atoms with E-state index in [-0.39, 0.29) is 4.90 Å². The molecule has 0 saturated carbocycles. The molecule has 3 aromatic carbocycles. The van der Waals surface area contributed by atoms with Crippen LogP contribution in [-0.2, 0) is 10.0 Å². The molecule has 8 heteroatoms. The van der Waals surface area contributed by atoms with Gasteiger partial charge in [-0.3, -0.25) is 4.72 Å². The van der Waals surface area contributed by atoms with Gasteiger partial charge in [-0.15, -0.1) is 0 Å². The standard InChI is InChI=1S/C19H16ClN3O3S/c20-14-6-8-17(9-7-14)23-27(25,26)18-12-10-16(11-13-18)22-19(24)21-15-4-2-1-3-5-15/h1-13,23H,(H2,21,22,24). The van der Waals surface area contributed by atoms with E-state index >= 15 is 0 Å². The Morgan fingerprint density at radius 1 is 0.704 bits per heavy atom. The molecule has 0 spiro atoms. The Morgan fingerprint density at radius 2 is 1.22 bits per heavy atom. The van der Waals surface area contributed by atoms with Crippen molar-refractivity contribution >= 4 is 44.7 Å². The molecule has 0 aliphatic carbocycles. The Bertz CT molecular complexity index is 1020. The highest BCUT2D eigenvalue weighted by Crippen LogP contribution is 2.20. The van der Waals surface area contributed by atoms with Gasteiger partial charge in [0.25, 0.3) is 10.0 Å². The van der Waals surface area contributed by atoms with Crippen molar-refractivity contribution in [2.45, 2.75) is 4.90 Å². The van der Waals surface area contributed by atoms with Crippen LogP contribution in [0.25, 0.3) is 0 Å². The molecule has 0 atom stereocenters. The van der Waals surface area contributed by atoms with Crippen molar-refractivity contribution in [2.75, 3.05) is 15.4 Å². The Balaban J connectivity index is 1.65. The minimum atomic E-state index is -3.74. The first-order valence-corrected chi connectivity index (χ1v) is 9.80. The van der Waals surface area contributed by atoms with Gasteiger partial charge in [0, 0.05) is 22.1 Å². The summed E-state index contributed by atoms with van der Waals surface area (Å²) < 4.78 is 27.3. The summed E-state index contributed by atoms with van der Waals surface area (Å²) in [6.07, 6.45) is 0. The second-order valence-corrected chi connectivity index (χ2v) is 7.70. The lowest BCUT2D eigenvalue weighted by molar-refractivity contribution is 0.262. The van der Waals surface area contributed by atoms with Gasteiger partial charge in [-0.1, -0.05) is 29.8 Å². The number of hydrogen-bond acceptors (Lipinski definition) is 3. The fourth-order valence-electron chi connectivity index (χ4n) is 2.26. The van der Waals surface area contributed by atoms with E-state index in [2.05, 4.69) is 15.4 Å². The average molecular weight is 402 g/mol. The van der Waals surface area contributed by atoms with Gasteiger partial charge in [0.15, 0.2) is 0 Å². The Labute approximate surface area is 162 Å². The van der Waals surface area contributed by atoms with Crippen LogP contribution in [0.1, 0.15) is 0 Å². The second-order valence-electron chi connectivity index (χ2n) is 5.58. The summed E-state index contributed by atoms with van der Waals surface area (Å²) >= 11 is 5.79. The maximum absolute atomic E-state index is 12.4. The molecule has 2 amide bonds. The molecular weight excluding hydrogens is 386 g/mol. The quantitative estimate of drug-likeness (QED) is 0.574. The van der Waals surface area contributed by atoms with Crippen molar-refractivity contribution in [3.63, 3.8) is 0 Å². The lowest BCUT2D eigenvalue weighted by Crippen LogP contribution is -2.19. The average Bonchev–Trinajstić information content (AvgIpc) is 2.65. The number of para-hydroxylation sites is 1. The number of amides is 2. The number of anilines is 3. The summed E-state index contributed by atoms with van der Waals surface area (Å²) in [6.45, 7) is 0. The predicted octanol–water partition coefficient (Wildman–Crippen LogP) is 4.78. The number of carbonyl (C=O) groups is 1. The second kappa shape index (κ2) is 8.11. The van der Waals surface area contributed by atoms with E-state index in [1.165, 1.54) is 24.3 Å². The lowest BCUT2D eigenvalue weighted by Gasteiger charge is -2.10. The van der Waals surface area contributed by atoms with Crippen LogP contribution in [-0.4, -0.2) is 14.4 Å². The van der Waals surface area contributed by atoms with Gasteiger partial charge in [0.05, 0.1) is 4.90 Å². The van der Waals surface area contributed by atoms with Crippen LogP contribution in [0, 0.1) is 0 Å². The highest BCUT2D eigenvalue weighted by molar-refractivity contribution is 7.92. The van der Waals surface area contributed by atoms with Crippen molar-refractivity contribution < 1.29 is 13.2 Å². The van der Waals surface area contributed by atoms with E-state index in [1.807, 2.05) is 18.2 Å². The number of rotatable bonds is 5. The van der Waals surface area contributed by atoms with E-state index in [0.717, 1.165) is 0 Å². The van der Waals surface area contributed by atoms with Crippen molar-refractivity contribution in [1.29, 1.82) is 0 Å². The summed E-state index contributed by atoms with van der Waals surface area (Å²) in [5.74, 6) is 0. The molecule has 0 aliphatic rings. The SMILES string of the molecule is O=C(Nc1ccccc1)Nc1ccc(S(=O)(=O)Nc2ccc(Cl)cc2)cc1. The normalized spacial score (nSPS) is 10.9. The monoisotopic (exact) mass is 401 g/mol. The molecule has 0 fully saturated rings. The highest BCUT2D eigenvalue weighted by Gasteiger charge is 2.14. The van der Waals surface area contributed by atoms with Gasteiger partial charge in [0.2, 0.25) is 0 Å². The zero-order valence-corrected chi connectivity index (χ0v) is 15.6. The minimum absolute atomic E-state index is 0.0754. The van der Waals surface area contributed by atoms with Gasteiger partial charge in [-0.25, -0.2) is 13.2 Å². The third-order valence-electron chi connectivity index (χ3n) is 3.55. The molecule has 27 heavy (non-hydrogen) atoms. The number of urea groups is 1. The van der Waals surface area contributed by atoms with Crippen molar-refractivity contribution in [3.05, 3.63) is 83.9 Å².